The van der Waals surface area contributed by atoms with Gasteiger partial charge >= 0.3 is 5.69 Å². The van der Waals surface area contributed by atoms with Gasteiger partial charge in [-0.1, -0.05) is 0 Å². The lowest BCUT2D eigenvalue weighted by molar-refractivity contribution is 0.415. The van der Waals surface area contributed by atoms with E-state index < -0.39 is 0 Å². The molecule has 19 heavy (non-hydrogen) atoms. The van der Waals surface area contributed by atoms with Gasteiger partial charge in [0.05, 0.1) is 23.8 Å². The molecule has 0 aliphatic heterocycles. The van der Waals surface area contributed by atoms with E-state index in [1.807, 2.05) is 0 Å². The van der Waals surface area contributed by atoms with Crippen LogP contribution in [0.5, 0.6) is 11.5 Å². The molecule has 96 valence electrons. The Morgan fingerprint density at radius 2 is 1.89 bits per heavy atom. The molecule has 5 nitrogen and oxygen atoms in total. The van der Waals surface area contributed by atoms with Gasteiger partial charge in [-0.3, -0.25) is 4.57 Å². The molecule has 0 radical (unpaired) electrons. The van der Waals surface area contributed by atoms with Gasteiger partial charge < -0.3 is 14.8 Å². The lowest BCUT2D eigenvalue weighted by atomic mass is 10.2. The largest absolute Gasteiger partial charge is 0.508 e. The maximum atomic E-state index is 12.0. The van der Waals surface area contributed by atoms with Crippen LogP contribution in [0.1, 0.15) is 0 Å². The summed E-state index contributed by atoms with van der Waals surface area (Å²) in [6, 6.07) is 11.8. The molecule has 0 aliphatic rings. The number of nitrogens with one attached hydrogen (secondary N) is 1. The molecule has 2 N–H and O–H groups in total. The standard InChI is InChI=1S/C14H12N2O3/c1-19-11-6-7-12-13(8-11)16(14(18)15-12)9-2-4-10(17)5-3-9/h2-8,17H,1H3,(H,15,18). The monoisotopic (exact) mass is 256 g/mol. The van der Waals surface area contributed by atoms with Crippen LogP contribution in [0.15, 0.2) is 47.3 Å². The molecule has 0 unspecified atom stereocenters. The normalized spacial score (nSPS) is 10.8. The summed E-state index contributed by atoms with van der Waals surface area (Å²) in [6.07, 6.45) is 0. The van der Waals surface area contributed by atoms with Gasteiger partial charge in [0.2, 0.25) is 0 Å². The van der Waals surface area contributed by atoms with Gasteiger partial charge in [-0.15, -0.1) is 0 Å². The zero-order chi connectivity index (χ0) is 13.4. The van der Waals surface area contributed by atoms with Crippen LogP contribution in [0, 0.1) is 0 Å². The molecule has 0 fully saturated rings. The highest BCUT2D eigenvalue weighted by molar-refractivity contribution is 5.79. The van der Waals surface area contributed by atoms with E-state index in [0.29, 0.717) is 11.4 Å². The Hall–Kier alpha value is -2.69. The molecule has 3 aromatic rings. The quantitative estimate of drug-likeness (QED) is 0.737. The number of H-pyrrole nitrogens is 1. The van der Waals surface area contributed by atoms with Crippen LogP contribution in [0.3, 0.4) is 0 Å². The van der Waals surface area contributed by atoms with Gasteiger partial charge in [-0.05, 0) is 36.4 Å². The van der Waals surface area contributed by atoms with Crippen molar-refractivity contribution < 1.29 is 9.84 Å². The van der Waals surface area contributed by atoms with E-state index >= 15 is 0 Å². The van der Waals surface area contributed by atoms with E-state index in [1.165, 1.54) is 4.57 Å². The molecule has 0 spiro atoms. The summed E-state index contributed by atoms with van der Waals surface area (Å²) >= 11 is 0. The number of methoxy groups -OCH3 is 1. The maximum absolute atomic E-state index is 12.0. The van der Waals surface area contributed by atoms with Crippen molar-refractivity contribution in [2.75, 3.05) is 7.11 Å². The van der Waals surface area contributed by atoms with E-state index in [0.717, 1.165) is 11.0 Å². The first-order valence-electron chi connectivity index (χ1n) is 5.77. The lowest BCUT2D eigenvalue weighted by Gasteiger charge is -2.04. The number of ether oxygens (including phenoxy) is 1. The van der Waals surface area contributed by atoms with Crippen LogP contribution in [0.2, 0.25) is 0 Å². The number of hydrogen-bond acceptors (Lipinski definition) is 3. The summed E-state index contributed by atoms with van der Waals surface area (Å²) in [5, 5.41) is 9.30. The van der Waals surface area contributed by atoms with Crippen molar-refractivity contribution in [3.05, 3.63) is 52.9 Å². The van der Waals surface area contributed by atoms with Crippen molar-refractivity contribution >= 4 is 11.0 Å². The molecule has 5 heteroatoms. The summed E-state index contributed by atoms with van der Waals surface area (Å²) in [7, 11) is 1.58. The molecule has 0 bridgehead atoms. The second-order valence-electron chi connectivity index (χ2n) is 4.17. The second-order valence-corrected chi connectivity index (χ2v) is 4.17. The van der Waals surface area contributed by atoms with Crippen LogP contribution in [0.25, 0.3) is 16.7 Å². The molecule has 0 aliphatic carbocycles. The summed E-state index contributed by atoms with van der Waals surface area (Å²) in [5.74, 6) is 0.841. The first-order chi connectivity index (χ1) is 9.19. The third-order valence-corrected chi connectivity index (χ3v) is 3.00. The summed E-state index contributed by atoms with van der Waals surface area (Å²) < 4.78 is 6.71. The van der Waals surface area contributed by atoms with Crippen LogP contribution >= 0.6 is 0 Å². The zero-order valence-electron chi connectivity index (χ0n) is 10.3. The Labute approximate surface area is 108 Å². The fraction of sp³-hybridized carbons (Fsp3) is 0.0714. The molecule has 1 aromatic heterocycles. The SMILES string of the molecule is COc1ccc2[nH]c(=O)n(-c3ccc(O)cc3)c2c1. The number of imidazole rings is 1. The van der Waals surface area contributed by atoms with E-state index in [-0.39, 0.29) is 11.4 Å². The van der Waals surface area contributed by atoms with Crippen LogP contribution in [0.4, 0.5) is 0 Å². The number of phenolic OH excluding ortho intramolecular Hbond substituents is 1. The minimum atomic E-state index is -0.228. The van der Waals surface area contributed by atoms with Gasteiger partial charge in [0, 0.05) is 6.07 Å². The highest BCUT2D eigenvalue weighted by atomic mass is 16.5. The number of aromatic amines is 1. The number of phenols is 1. The van der Waals surface area contributed by atoms with Crippen LogP contribution in [-0.2, 0) is 0 Å². The number of hydrogen-bond donors (Lipinski definition) is 2. The molecule has 0 saturated carbocycles. The lowest BCUT2D eigenvalue weighted by Crippen LogP contribution is -2.14. The maximum Gasteiger partial charge on any atom is 0.331 e. The summed E-state index contributed by atoms with van der Waals surface area (Å²) in [6.45, 7) is 0. The van der Waals surface area contributed by atoms with Crippen LogP contribution < -0.4 is 10.4 Å². The molecule has 2 aromatic carbocycles. The summed E-state index contributed by atoms with van der Waals surface area (Å²) in [5.41, 5.74) is 1.92. The number of fused-ring (bicyclic) bond motifs is 1. The Bertz CT molecular complexity index is 785. The Balaban J connectivity index is 2.30. The molecule has 0 amide bonds. The predicted molar refractivity (Wildman–Crippen MR) is 72.1 cm³/mol. The van der Waals surface area contributed by atoms with Gasteiger partial charge in [-0.25, -0.2) is 4.79 Å². The summed E-state index contributed by atoms with van der Waals surface area (Å²) in [4.78, 5) is 14.8. The van der Waals surface area contributed by atoms with Crippen molar-refractivity contribution in [3.63, 3.8) is 0 Å². The highest BCUT2D eigenvalue weighted by Gasteiger charge is 2.09. The number of rotatable bonds is 2. The molecular weight excluding hydrogens is 244 g/mol. The fourth-order valence-corrected chi connectivity index (χ4v) is 2.07. The van der Waals surface area contributed by atoms with E-state index in [9.17, 15) is 9.90 Å². The van der Waals surface area contributed by atoms with E-state index in [1.54, 1.807) is 49.6 Å². The highest BCUT2D eigenvalue weighted by Crippen LogP contribution is 2.21. The molecule has 0 saturated heterocycles. The third kappa shape index (κ3) is 1.85. The topological polar surface area (TPSA) is 67.2 Å². The van der Waals surface area contributed by atoms with Crippen molar-refractivity contribution in [1.82, 2.24) is 9.55 Å². The minimum Gasteiger partial charge on any atom is -0.508 e. The van der Waals surface area contributed by atoms with E-state index in [2.05, 4.69) is 4.98 Å². The average Bonchev–Trinajstić information content (AvgIpc) is 2.75. The van der Waals surface area contributed by atoms with Gasteiger partial charge in [0.15, 0.2) is 0 Å². The number of benzene rings is 2. The van der Waals surface area contributed by atoms with Gasteiger partial charge in [-0.2, -0.15) is 0 Å². The van der Waals surface area contributed by atoms with Crippen molar-refractivity contribution in [3.8, 4) is 17.2 Å². The molecule has 1 heterocycles. The molecule has 0 atom stereocenters. The number of nitrogens with zero attached hydrogens (tertiary/aromatic N) is 1. The molecular formula is C14H12N2O3. The first-order valence-corrected chi connectivity index (χ1v) is 5.77. The second kappa shape index (κ2) is 4.20. The Morgan fingerprint density at radius 1 is 1.16 bits per heavy atom. The predicted octanol–water partition coefficient (Wildman–Crippen LogP) is 2.03. The third-order valence-electron chi connectivity index (χ3n) is 3.00. The zero-order valence-corrected chi connectivity index (χ0v) is 10.3. The Kier molecular flexibility index (Phi) is 2.52. The number of aromatic nitrogens is 2. The van der Waals surface area contributed by atoms with Gasteiger partial charge in [0.25, 0.3) is 0 Å². The van der Waals surface area contributed by atoms with Crippen LogP contribution in [-0.4, -0.2) is 21.8 Å². The van der Waals surface area contributed by atoms with E-state index in [4.69, 9.17) is 4.74 Å². The number of aromatic hydroxyl groups is 1. The minimum absolute atomic E-state index is 0.161. The van der Waals surface area contributed by atoms with Crippen molar-refractivity contribution in [1.29, 1.82) is 0 Å². The van der Waals surface area contributed by atoms with Crippen molar-refractivity contribution in [2.24, 2.45) is 0 Å². The smallest absolute Gasteiger partial charge is 0.331 e. The van der Waals surface area contributed by atoms with Gasteiger partial charge in [0.1, 0.15) is 11.5 Å². The first kappa shape index (κ1) is 11.4. The molecule has 3 rings (SSSR count). The van der Waals surface area contributed by atoms with Crippen molar-refractivity contribution in [2.45, 2.75) is 0 Å². The fourth-order valence-electron chi connectivity index (χ4n) is 2.07. The average molecular weight is 256 g/mol. The Morgan fingerprint density at radius 3 is 2.58 bits per heavy atom.